The zero-order valence-electron chi connectivity index (χ0n) is 19.5. The summed E-state index contributed by atoms with van der Waals surface area (Å²) in [4.78, 5) is 18.1. The number of sulfonamides is 1. The molecule has 1 aromatic heterocycles. The predicted molar refractivity (Wildman–Crippen MR) is 133 cm³/mol. The number of carbonyl (C=O) groups excluding carboxylic acids is 1. The van der Waals surface area contributed by atoms with Gasteiger partial charge < -0.3 is 4.57 Å². The van der Waals surface area contributed by atoms with E-state index in [1.807, 2.05) is 25.3 Å². The summed E-state index contributed by atoms with van der Waals surface area (Å²) in [7, 11) is -3.59. The zero-order chi connectivity index (χ0) is 23.6. The average Bonchev–Trinajstić information content (AvgIpc) is 3.16. The lowest BCUT2D eigenvalue weighted by atomic mass is 9.95. The maximum Gasteiger partial charge on any atom is 0.279 e. The fourth-order valence-corrected chi connectivity index (χ4v) is 7.51. The molecule has 0 atom stereocenters. The molecular weight excluding hydrogens is 454 g/mol. The molecule has 3 aromatic rings. The number of aryl methyl sites for hydroxylation is 2. The van der Waals surface area contributed by atoms with Gasteiger partial charge >= 0.3 is 0 Å². The Hall–Kier alpha value is -2.29. The van der Waals surface area contributed by atoms with E-state index >= 15 is 0 Å². The molecule has 0 bridgehead atoms. The molecule has 1 aliphatic rings. The number of hydrogen-bond acceptors (Lipinski definition) is 4. The van der Waals surface area contributed by atoms with E-state index in [-0.39, 0.29) is 16.8 Å². The van der Waals surface area contributed by atoms with Crippen molar-refractivity contribution in [2.45, 2.75) is 70.4 Å². The van der Waals surface area contributed by atoms with Crippen LogP contribution in [0.3, 0.4) is 0 Å². The van der Waals surface area contributed by atoms with Crippen molar-refractivity contribution in [3.8, 4) is 0 Å². The summed E-state index contributed by atoms with van der Waals surface area (Å²) >= 11 is 1.49. The Morgan fingerprint density at radius 2 is 1.79 bits per heavy atom. The fourth-order valence-electron chi connectivity index (χ4n) is 4.62. The first-order chi connectivity index (χ1) is 15.8. The largest absolute Gasteiger partial charge is 0.317 e. The summed E-state index contributed by atoms with van der Waals surface area (Å²) in [5.41, 5.74) is 2.60. The highest BCUT2D eigenvalue weighted by Crippen LogP contribution is 2.28. The Bertz CT molecular complexity index is 1320. The van der Waals surface area contributed by atoms with Crippen molar-refractivity contribution >= 4 is 37.5 Å². The van der Waals surface area contributed by atoms with Gasteiger partial charge in [0.1, 0.15) is 0 Å². The molecule has 0 radical (unpaired) electrons. The van der Waals surface area contributed by atoms with Crippen LogP contribution in [0.1, 0.15) is 61.9 Å². The van der Waals surface area contributed by atoms with Crippen LogP contribution >= 0.6 is 11.3 Å². The van der Waals surface area contributed by atoms with Crippen LogP contribution in [0.4, 0.5) is 0 Å². The molecule has 8 heteroatoms. The van der Waals surface area contributed by atoms with E-state index in [9.17, 15) is 13.2 Å². The van der Waals surface area contributed by atoms with Gasteiger partial charge in [-0.3, -0.25) is 4.79 Å². The molecule has 0 saturated heterocycles. The van der Waals surface area contributed by atoms with Gasteiger partial charge in [-0.2, -0.15) is 9.30 Å². The molecule has 0 unspecified atom stereocenters. The summed E-state index contributed by atoms with van der Waals surface area (Å²) in [5.74, 6) is -0.371. The van der Waals surface area contributed by atoms with Crippen molar-refractivity contribution in [1.82, 2.24) is 8.87 Å². The normalized spacial score (nSPS) is 16.1. The molecule has 0 N–H and O–H groups in total. The van der Waals surface area contributed by atoms with Gasteiger partial charge in [0.05, 0.1) is 15.1 Å². The maximum atomic E-state index is 13.3. The molecule has 0 aliphatic heterocycles. The Morgan fingerprint density at radius 3 is 2.42 bits per heavy atom. The Morgan fingerprint density at radius 1 is 1.09 bits per heavy atom. The van der Waals surface area contributed by atoms with E-state index < -0.39 is 10.0 Å². The van der Waals surface area contributed by atoms with Crippen molar-refractivity contribution in [1.29, 1.82) is 0 Å². The third-order valence-corrected chi connectivity index (χ3v) is 9.44. The van der Waals surface area contributed by atoms with E-state index in [1.165, 1.54) is 29.9 Å². The van der Waals surface area contributed by atoms with Gasteiger partial charge in [-0.1, -0.05) is 43.6 Å². The summed E-state index contributed by atoms with van der Waals surface area (Å²) in [6.45, 7) is 7.12. The maximum absolute atomic E-state index is 13.3. The third-order valence-electron chi connectivity index (χ3n) is 6.35. The summed E-state index contributed by atoms with van der Waals surface area (Å²) in [6.07, 6.45) is 5.14. The third kappa shape index (κ3) is 4.83. The quantitative estimate of drug-likeness (QED) is 0.487. The number of benzene rings is 2. The van der Waals surface area contributed by atoms with Gasteiger partial charge in [0, 0.05) is 24.7 Å². The van der Waals surface area contributed by atoms with Crippen LogP contribution in [0.2, 0.25) is 0 Å². The summed E-state index contributed by atoms with van der Waals surface area (Å²) < 4.78 is 31.3. The Labute approximate surface area is 199 Å². The molecule has 1 amide bonds. The van der Waals surface area contributed by atoms with E-state index in [4.69, 9.17) is 0 Å². The lowest BCUT2D eigenvalue weighted by Gasteiger charge is -2.32. The zero-order valence-corrected chi connectivity index (χ0v) is 21.1. The SMILES string of the molecule is CCN(C1CCCCC1)S(=O)(=O)c1ccc(C(=O)N=c2sc3cc(C)ccc3n2CC)cc1. The minimum Gasteiger partial charge on any atom is -0.317 e. The van der Waals surface area contributed by atoms with Crippen molar-refractivity contribution in [2.24, 2.45) is 4.99 Å². The van der Waals surface area contributed by atoms with Crippen molar-refractivity contribution in [3.63, 3.8) is 0 Å². The van der Waals surface area contributed by atoms with Gasteiger partial charge in [0.25, 0.3) is 5.91 Å². The monoisotopic (exact) mass is 485 g/mol. The van der Waals surface area contributed by atoms with Crippen LogP contribution in [0.25, 0.3) is 10.2 Å². The van der Waals surface area contributed by atoms with E-state index in [0.29, 0.717) is 23.5 Å². The number of nitrogens with zero attached hydrogens (tertiary/aromatic N) is 3. The number of rotatable bonds is 6. The first-order valence-corrected chi connectivity index (χ1v) is 13.9. The lowest BCUT2D eigenvalue weighted by molar-refractivity contribution is 0.0997. The van der Waals surface area contributed by atoms with Gasteiger partial charge in [0.15, 0.2) is 4.80 Å². The number of carbonyl (C=O) groups is 1. The minimum absolute atomic E-state index is 0.0612. The molecule has 4 rings (SSSR count). The Balaban J connectivity index is 1.62. The standard InChI is InChI=1S/C25H31N3O3S2/c1-4-27-22-16-11-18(3)17-23(22)32-25(27)26-24(29)19-12-14-21(15-13-19)33(30,31)28(5-2)20-9-7-6-8-10-20/h11-17,20H,4-10H2,1-3H3. The number of amides is 1. The highest BCUT2D eigenvalue weighted by molar-refractivity contribution is 7.89. The topological polar surface area (TPSA) is 71.7 Å². The molecule has 1 fully saturated rings. The molecular formula is C25H31N3O3S2. The van der Waals surface area contributed by atoms with Crippen molar-refractivity contribution in [3.05, 3.63) is 58.4 Å². The van der Waals surface area contributed by atoms with E-state index in [0.717, 1.165) is 41.5 Å². The van der Waals surface area contributed by atoms with E-state index in [1.54, 1.807) is 16.4 Å². The minimum atomic E-state index is -3.59. The van der Waals surface area contributed by atoms with Crippen LogP contribution in [0.15, 0.2) is 52.4 Å². The van der Waals surface area contributed by atoms with Crippen molar-refractivity contribution < 1.29 is 13.2 Å². The van der Waals surface area contributed by atoms with Crippen LogP contribution in [0, 0.1) is 6.92 Å². The van der Waals surface area contributed by atoms with E-state index in [2.05, 4.69) is 23.2 Å². The van der Waals surface area contributed by atoms with Crippen molar-refractivity contribution in [2.75, 3.05) is 6.54 Å². The fraction of sp³-hybridized carbons (Fsp3) is 0.440. The molecule has 1 aliphatic carbocycles. The first kappa shape index (κ1) is 23.9. The highest BCUT2D eigenvalue weighted by atomic mass is 32.2. The lowest BCUT2D eigenvalue weighted by Crippen LogP contribution is -2.41. The second-order valence-electron chi connectivity index (χ2n) is 8.54. The molecule has 6 nitrogen and oxygen atoms in total. The molecule has 176 valence electrons. The second kappa shape index (κ2) is 9.91. The molecule has 33 heavy (non-hydrogen) atoms. The van der Waals surface area contributed by atoms with Gasteiger partial charge in [0.2, 0.25) is 10.0 Å². The second-order valence-corrected chi connectivity index (χ2v) is 11.4. The number of aromatic nitrogens is 1. The van der Waals surface area contributed by atoms with Crippen LogP contribution in [0.5, 0.6) is 0 Å². The van der Waals surface area contributed by atoms with Crippen LogP contribution in [-0.2, 0) is 16.6 Å². The van der Waals surface area contributed by atoms with Crippen LogP contribution in [-0.4, -0.2) is 35.8 Å². The molecule has 0 spiro atoms. The van der Waals surface area contributed by atoms with Gasteiger partial charge in [-0.05, 0) is 68.7 Å². The van der Waals surface area contributed by atoms with Crippen LogP contribution < -0.4 is 4.80 Å². The number of fused-ring (bicyclic) bond motifs is 1. The molecule has 2 aromatic carbocycles. The molecule has 1 heterocycles. The number of thiazole rings is 1. The van der Waals surface area contributed by atoms with Gasteiger partial charge in [-0.25, -0.2) is 8.42 Å². The summed E-state index contributed by atoms with van der Waals surface area (Å²) in [6, 6.07) is 12.5. The smallest absolute Gasteiger partial charge is 0.279 e. The Kier molecular flexibility index (Phi) is 7.16. The average molecular weight is 486 g/mol. The molecule has 1 saturated carbocycles. The van der Waals surface area contributed by atoms with Gasteiger partial charge in [-0.15, -0.1) is 0 Å². The number of hydrogen-bond donors (Lipinski definition) is 0. The highest BCUT2D eigenvalue weighted by Gasteiger charge is 2.31. The summed E-state index contributed by atoms with van der Waals surface area (Å²) in [5, 5.41) is 0. The first-order valence-electron chi connectivity index (χ1n) is 11.7. The predicted octanol–water partition coefficient (Wildman–Crippen LogP) is 5.12.